The Morgan fingerprint density at radius 3 is 1.76 bits per heavy atom. The van der Waals surface area contributed by atoms with Gasteiger partial charge in [-0.25, -0.2) is 0 Å². The standard InChI is InChI=1S/C42H36/c1-29-16-14-23-36(31(29)3)39(35-21-11-10-15-30(35)2)27-32-25-26-38-37-22-12-13-24-40(37)42(41(38)28-32,33-17-6-4-7-18-33)34-19-8-5-9-20-34/h4-26,28,39H,27H2,1-3H3. The largest absolute Gasteiger partial charge is 0.0713 e. The van der Waals surface area contributed by atoms with E-state index in [0.717, 1.165) is 6.42 Å². The van der Waals surface area contributed by atoms with Gasteiger partial charge < -0.3 is 0 Å². The van der Waals surface area contributed by atoms with Crippen molar-refractivity contribution in [2.75, 3.05) is 0 Å². The topological polar surface area (TPSA) is 0 Å². The van der Waals surface area contributed by atoms with Crippen molar-refractivity contribution in [1.82, 2.24) is 0 Å². The Bertz CT molecular complexity index is 1840. The van der Waals surface area contributed by atoms with Crippen LogP contribution in [0.25, 0.3) is 11.1 Å². The first-order chi connectivity index (χ1) is 20.6. The minimum atomic E-state index is -0.373. The van der Waals surface area contributed by atoms with Crippen molar-refractivity contribution >= 4 is 0 Å². The third kappa shape index (κ3) is 4.13. The molecule has 0 saturated heterocycles. The zero-order valence-corrected chi connectivity index (χ0v) is 24.6. The second kappa shape index (κ2) is 10.6. The molecule has 204 valence electrons. The van der Waals surface area contributed by atoms with Gasteiger partial charge in [0.05, 0.1) is 5.41 Å². The smallest absolute Gasteiger partial charge is 0.0622 e. The maximum atomic E-state index is 2.52. The molecule has 7 rings (SSSR count). The van der Waals surface area contributed by atoms with Gasteiger partial charge in [-0.3, -0.25) is 0 Å². The van der Waals surface area contributed by atoms with E-state index in [2.05, 4.69) is 166 Å². The van der Waals surface area contributed by atoms with Gasteiger partial charge in [0.15, 0.2) is 0 Å². The summed E-state index contributed by atoms with van der Waals surface area (Å²) in [5.41, 5.74) is 15.9. The first-order valence-electron chi connectivity index (χ1n) is 15.0. The van der Waals surface area contributed by atoms with Gasteiger partial charge in [-0.15, -0.1) is 0 Å². The van der Waals surface area contributed by atoms with Crippen molar-refractivity contribution in [2.45, 2.75) is 38.5 Å². The van der Waals surface area contributed by atoms with E-state index >= 15 is 0 Å². The molecule has 0 aliphatic heterocycles. The Labute approximate surface area is 250 Å². The molecular weight excluding hydrogens is 504 g/mol. The minimum Gasteiger partial charge on any atom is -0.0622 e. The lowest BCUT2D eigenvalue weighted by Gasteiger charge is -2.34. The molecule has 6 aromatic carbocycles. The Hall–Kier alpha value is -4.68. The van der Waals surface area contributed by atoms with Gasteiger partial charge in [-0.05, 0) is 94.0 Å². The molecular formula is C42H36. The Morgan fingerprint density at radius 1 is 0.476 bits per heavy atom. The van der Waals surface area contributed by atoms with Crippen molar-refractivity contribution in [3.63, 3.8) is 0 Å². The Balaban J connectivity index is 1.46. The summed E-state index contributed by atoms with van der Waals surface area (Å²) >= 11 is 0. The summed E-state index contributed by atoms with van der Waals surface area (Å²) in [6.45, 7) is 6.77. The first-order valence-corrected chi connectivity index (χ1v) is 15.0. The van der Waals surface area contributed by atoms with Gasteiger partial charge in [0, 0.05) is 5.92 Å². The van der Waals surface area contributed by atoms with Crippen LogP contribution in [-0.2, 0) is 11.8 Å². The van der Waals surface area contributed by atoms with E-state index in [1.165, 1.54) is 66.8 Å². The van der Waals surface area contributed by atoms with Gasteiger partial charge in [0.25, 0.3) is 0 Å². The molecule has 0 nitrogen and oxygen atoms in total. The SMILES string of the molecule is Cc1ccccc1C(Cc1ccc2c(c1)C(c1ccccc1)(c1ccccc1)c1ccccc1-2)c1cccc(C)c1C. The lowest BCUT2D eigenvalue weighted by atomic mass is 9.67. The summed E-state index contributed by atoms with van der Waals surface area (Å²) in [4.78, 5) is 0. The van der Waals surface area contributed by atoms with E-state index in [4.69, 9.17) is 0 Å². The number of hydrogen-bond donors (Lipinski definition) is 0. The molecule has 1 atom stereocenters. The molecule has 0 radical (unpaired) electrons. The number of hydrogen-bond acceptors (Lipinski definition) is 0. The first kappa shape index (κ1) is 26.2. The van der Waals surface area contributed by atoms with Crippen molar-refractivity contribution in [1.29, 1.82) is 0 Å². The van der Waals surface area contributed by atoms with Crippen LogP contribution < -0.4 is 0 Å². The summed E-state index contributed by atoms with van der Waals surface area (Å²) < 4.78 is 0. The molecule has 1 aliphatic carbocycles. The van der Waals surface area contributed by atoms with Crippen molar-refractivity contribution in [3.05, 3.63) is 201 Å². The molecule has 0 amide bonds. The van der Waals surface area contributed by atoms with Gasteiger partial charge in [-0.1, -0.05) is 146 Å². The maximum absolute atomic E-state index is 2.52. The molecule has 0 saturated carbocycles. The Kier molecular flexibility index (Phi) is 6.63. The Morgan fingerprint density at radius 2 is 1.05 bits per heavy atom. The van der Waals surface area contributed by atoms with Crippen LogP contribution in [0, 0.1) is 20.8 Å². The molecule has 0 bridgehead atoms. The summed E-state index contributed by atoms with van der Waals surface area (Å²) in [5, 5.41) is 0. The number of rotatable bonds is 6. The van der Waals surface area contributed by atoms with E-state index in [0.29, 0.717) is 0 Å². The monoisotopic (exact) mass is 540 g/mol. The van der Waals surface area contributed by atoms with E-state index in [-0.39, 0.29) is 11.3 Å². The fourth-order valence-corrected chi connectivity index (χ4v) is 7.37. The highest BCUT2D eigenvalue weighted by Crippen LogP contribution is 2.56. The molecule has 0 N–H and O–H groups in total. The van der Waals surface area contributed by atoms with Gasteiger partial charge >= 0.3 is 0 Å². The third-order valence-electron chi connectivity index (χ3n) is 9.55. The van der Waals surface area contributed by atoms with Crippen molar-refractivity contribution in [3.8, 4) is 11.1 Å². The summed E-state index contributed by atoms with van der Waals surface area (Å²) in [7, 11) is 0. The zero-order chi connectivity index (χ0) is 28.7. The van der Waals surface area contributed by atoms with Gasteiger partial charge in [-0.2, -0.15) is 0 Å². The fourth-order valence-electron chi connectivity index (χ4n) is 7.37. The normalized spacial score (nSPS) is 13.8. The van der Waals surface area contributed by atoms with Gasteiger partial charge in [0.2, 0.25) is 0 Å². The lowest BCUT2D eigenvalue weighted by molar-refractivity contribution is 0.757. The maximum Gasteiger partial charge on any atom is 0.0713 e. The number of aryl methyl sites for hydroxylation is 2. The predicted molar refractivity (Wildman–Crippen MR) is 176 cm³/mol. The molecule has 0 aromatic heterocycles. The van der Waals surface area contributed by atoms with Crippen LogP contribution in [0.2, 0.25) is 0 Å². The highest BCUT2D eigenvalue weighted by molar-refractivity contribution is 5.86. The van der Waals surface area contributed by atoms with Crippen LogP contribution in [0.3, 0.4) is 0 Å². The molecule has 1 unspecified atom stereocenters. The van der Waals surface area contributed by atoms with Crippen LogP contribution in [0.4, 0.5) is 0 Å². The molecule has 0 heteroatoms. The van der Waals surface area contributed by atoms with Crippen LogP contribution >= 0.6 is 0 Å². The minimum absolute atomic E-state index is 0.274. The number of fused-ring (bicyclic) bond motifs is 3. The van der Waals surface area contributed by atoms with E-state index in [1.807, 2.05) is 0 Å². The van der Waals surface area contributed by atoms with Crippen molar-refractivity contribution < 1.29 is 0 Å². The molecule has 6 aromatic rings. The van der Waals surface area contributed by atoms with Crippen LogP contribution in [0.1, 0.15) is 61.6 Å². The summed E-state index contributed by atoms with van der Waals surface area (Å²) in [5.74, 6) is 0.274. The average molecular weight is 541 g/mol. The number of benzene rings is 6. The second-order valence-corrected chi connectivity index (χ2v) is 11.8. The zero-order valence-electron chi connectivity index (χ0n) is 24.6. The molecule has 1 aliphatic rings. The molecule has 42 heavy (non-hydrogen) atoms. The highest BCUT2D eigenvalue weighted by Gasteiger charge is 2.46. The van der Waals surface area contributed by atoms with E-state index in [1.54, 1.807) is 0 Å². The van der Waals surface area contributed by atoms with Crippen molar-refractivity contribution in [2.24, 2.45) is 0 Å². The second-order valence-electron chi connectivity index (χ2n) is 11.8. The fraction of sp³-hybridized carbons (Fsp3) is 0.143. The van der Waals surface area contributed by atoms with E-state index < -0.39 is 0 Å². The quantitative estimate of drug-likeness (QED) is 0.197. The van der Waals surface area contributed by atoms with Crippen LogP contribution in [0.15, 0.2) is 146 Å². The average Bonchev–Trinajstić information content (AvgIpc) is 3.33. The van der Waals surface area contributed by atoms with Gasteiger partial charge in [0.1, 0.15) is 0 Å². The van der Waals surface area contributed by atoms with Crippen LogP contribution in [-0.4, -0.2) is 0 Å². The molecule has 0 spiro atoms. The summed E-state index contributed by atoms with van der Waals surface area (Å²) in [6.07, 6.45) is 0.943. The lowest BCUT2D eigenvalue weighted by Crippen LogP contribution is -2.28. The highest BCUT2D eigenvalue weighted by atomic mass is 14.5. The van der Waals surface area contributed by atoms with E-state index in [9.17, 15) is 0 Å². The summed E-state index contributed by atoms with van der Waals surface area (Å²) in [6, 6.07) is 54.2. The molecule has 0 fully saturated rings. The van der Waals surface area contributed by atoms with Crippen LogP contribution in [0.5, 0.6) is 0 Å². The third-order valence-corrected chi connectivity index (χ3v) is 9.55. The predicted octanol–water partition coefficient (Wildman–Crippen LogP) is 10.3. The molecule has 0 heterocycles.